The normalized spacial score (nSPS) is 14.6. The second-order valence-corrected chi connectivity index (χ2v) is 9.03. The molecule has 1 aliphatic rings. The highest BCUT2D eigenvalue weighted by Crippen LogP contribution is 2.21. The number of piperazine rings is 1. The smallest absolute Gasteiger partial charge is 0.174 e. The molecule has 5 nitrogen and oxygen atoms in total. The Kier molecular flexibility index (Phi) is 7.22. The SMILES string of the molecule is Fc1cccc(Cl)c1Cn1ccc(NC(=S)N2CCN(Cc3ccccc3Br)CC2)n1. The van der Waals surface area contributed by atoms with E-state index in [-0.39, 0.29) is 12.4 Å². The molecule has 2 heterocycles. The summed E-state index contributed by atoms with van der Waals surface area (Å²) >= 11 is 15.3. The molecule has 0 aliphatic carbocycles. The third-order valence-electron chi connectivity index (χ3n) is 5.27. The molecule has 1 aliphatic heterocycles. The van der Waals surface area contributed by atoms with E-state index in [0.717, 1.165) is 37.2 Å². The van der Waals surface area contributed by atoms with E-state index in [1.54, 1.807) is 23.0 Å². The monoisotopic (exact) mass is 521 g/mol. The van der Waals surface area contributed by atoms with Gasteiger partial charge < -0.3 is 10.2 Å². The van der Waals surface area contributed by atoms with E-state index in [2.05, 4.69) is 54.3 Å². The number of benzene rings is 2. The standard InChI is InChI=1S/C22H22BrClFN5S/c23-18-5-2-1-4-16(18)14-28-10-12-29(13-11-28)22(31)26-21-8-9-30(27-21)15-17-19(24)6-3-7-20(17)25/h1-9H,10-15H2,(H,26,27,31). The molecule has 9 heteroatoms. The number of halogens is 3. The predicted octanol–water partition coefficient (Wildman–Crippen LogP) is 5.00. The molecule has 0 atom stereocenters. The predicted molar refractivity (Wildman–Crippen MR) is 130 cm³/mol. The van der Waals surface area contributed by atoms with E-state index < -0.39 is 0 Å². The lowest BCUT2D eigenvalue weighted by atomic mass is 10.2. The highest BCUT2D eigenvalue weighted by Gasteiger charge is 2.20. The molecule has 0 radical (unpaired) electrons. The molecule has 4 rings (SSSR count). The topological polar surface area (TPSA) is 36.3 Å². The van der Waals surface area contributed by atoms with Crippen molar-refractivity contribution in [3.63, 3.8) is 0 Å². The molecule has 1 aromatic heterocycles. The zero-order chi connectivity index (χ0) is 21.8. The maximum atomic E-state index is 14.0. The van der Waals surface area contributed by atoms with Crippen LogP contribution >= 0.6 is 39.7 Å². The Morgan fingerprint density at radius 1 is 1.06 bits per heavy atom. The fraction of sp³-hybridized carbons (Fsp3) is 0.273. The minimum absolute atomic E-state index is 0.258. The van der Waals surface area contributed by atoms with Crippen LogP contribution in [-0.4, -0.2) is 50.9 Å². The van der Waals surface area contributed by atoms with Gasteiger partial charge in [-0.3, -0.25) is 9.58 Å². The summed E-state index contributed by atoms with van der Waals surface area (Å²) in [5, 5.41) is 8.68. The fourth-order valence-electron chi connectivity index (χ4n) is 3.53. The first-order valence-electron chi connectivity index (χ1n) is 9.97. The number of nitrogens with one attached hydrogen (secondary N) is 1. The summed E-state index contributed by atoms with van der Waals surface area (Å²) in [6.45, 7) is 4.74. The number of thiocarbonyl (C=S) groups is 1. The van der Waals surface area contributed by atoms with Crippen LogP contribution in [0.2, 0.25) is 5.02 Å². The van der Waals surface area contributed by atoms with Gasteiger partial charge >= 0.3 is 0 Å². The van der Waals surface area contributed by atoms with Crippen molar-refractivity contribution in [1.82, 2.24) is 19.6 Å². The Labute approximate surface area is 199 Å². The molecule has 1 fully saturated rings. The van der Waals surface area contributed by atoms with E-state index in [1.165, 1.54) is 11.6 Å². The third-order valence-corrected chi connectivity index (χ3v) is 6.76. The molecule has 0 amide bonds. The van der Waals surface area contributed by atoms with E-state index in [4.69, 9.17) is 23.8 Å². The number of aromatic nitrogens is 2. The van der Waals surface area contributed by atoms with E-state index in [9.17, 15) is 4.39 Å². The number of nitrogens with zero attached hydrogens (tertiary/aromatic N) is 4. The average molecular weight is 523 g/mol. The zero-order valence-electron chi connectivity index (χ0n) is 16.8. The van der Waals surface area contributed by atoms with Gasteiger partial charge in [0.05, 0.1) is 6.54 Å². The lowest BCUT2D eigenvalue weighted by molar-refractivity contribution is 0.176. The summed E-state index contributed by atoms with van der Waals surface area (Å²) < 4.78 is 16.8. The Bertz CT molecular complexity index is 1050. The van der Waals surface area contributed by atoms with Gasteiger partial charge in [-0.25, -0.2) is 4.39 Å². The molecule has 0 spiro atoms. The number of anilines is 1. The van der Waals surface area contributed by atoms with Gasteiger partial charge in [0.2, 0.25) is 0 Å². The van der Waals surface area contributed by atoms with Crippen molar-refractivity contribution in [2.24, 2.45) is 0 Å². The zero-order valence-corrected chi connectivity index (χ0v) is 19.9. The van der Waals surface area contributed by atoms with Gasteiger partial charge in [-0.15, -0.1) is 0 Å². The first kappa shape index (κ1) is 22.2. The molecular weight excluding hydrogens is 501 g/mol. The summed E-state index contributed by atoms with van der Waals surface area (Å²) in [6.07, 6.45) is 1.78. The van der Waals surface area contributed by atoms with Crippen molar-refractivity contribution in [3.05, 3.63) is 81.2 Å². The lowest BCUT2D eigenvalue weighted by Crippen LogP contribution is -2.49. The summed E-state index contributed by atoms with van der Waals surface area (Å²) in [5.41, 5.74) is 1.71. The van der Waals surface area contributed by atoms with Gasteiger partial charge in [0.15, 0.2) is 10.9 Å². The van der Waals surface area contributed by atoms with Gasteiger partial charge in [-0.2, -0.15) is 5.10 Å². The van der Waals surface area contributed by atoms with Crippen molar-refractivity contribution in [1.29, 1.82) is 0 Å². The van der Waals surface area contributed by atoms with Crippen LogP contribution in [0.25, 0.3) is 0 Å². The van der Waals surface area contributed by atoms with Crippen LogP contribution in [0.1, 0.15) is 11.1 Å². The minimum atomic E-state index is -0.339. The Hall–Kier alpha value is -2.00. The molecule has 2 aromatic carbocycles. The van der Waals surface area contributed by atoms with Crippen LogP contribution < -0.4 is 5.32 Å². The highest BCUT2D eigenvalue weighted by molar-refractivity contribution is 9.10. The summed E-state index contributed by atoms with van der Waals surface area (Å²) in [7, 11) is 0. The van der Waals surface area contributed by atoms with Gasteiger partial charge in [-0.05, 0) is 36.0 Å². The molecule has 3 aromatic rings. The summed E-state index contributed by atoms with van der Waals surface area (Å²) in [6, 6.07) is 14.8. The quantitative estimate of drug-likeness (QED) is 0.477. The Morgan fingerprint density at radius 3 is 2.58 bits per heavy atom. The van der Waals surface area contributed by atoms with E-state index in [1.807, 2.05) is 12.1 Å². The van der Waals surface area contributed by atoms with Crippen LogP contribution in [0.5, 0.6) is 0 Å². The minimum Gasteiger partial charge on any atom is -0.346 e. The van der Waals surface area contributed by atoms with E-state index >= 15 is 0 Å². The van der Waals surface area contributed by atoms with Crippen molar-refractivity contribution in [3.8, 4) is 0 Å². The Morgan fingerprint density at radius 2 is 1.84 bits per heavy atom. The maximum absolute atomic E-state index is 14.0. The average Bonchev–Trinajstić information content (AvgIpc) is 3.20. The van der Waals surface area contributed by atoms with Crippen molar-refractivity contribution in [2.75, 3.05) is 31.5 Å². The van der Waals surface area contributed by atoms with Crippen LogP contribution in [0, 0.1) is 5.82 Å². The molecule has 162 valence electrons. The first-order valence-corrected chi connectivity index (χ1v) is 11.6. The fourth-order valence-corrected chi connectivity index (χ4v) is 4.45. The lowest BCUT2D eigenvalue weighted by Gasteiger charge is -2.36. The number of rotatable bonds is 5. The molecule has 0 unspecified atom stereocenters. The molecule has 1 N–H and O–H groups in total. The van der Waals surface area contributed by atoms with Crippen molar-refractivity contribution >= 4 is 50.7 Å². The highest BCUT2D eigenvalue weighted by atomic mass is 79.9. The second kappa shape index (κ2) is 10.1. The van der Waals surface area contributed by atoms with Gasteiger partial charge in [0.25, 0.3) is 0 Å². The number of hydrogen-bond acceptors (Lipinski definition) is 3. The van der Waals surface area contributed by atoms with Gasteiger partial charge in [-0.1, -0.05) is 51.8 Å². The van der Waals surface area contributed by atoms with Crippen molar-refractivity contribution < 1.29 is 4.39 Å². The third kappa shape index (κ3) is 5.63. The molecular formula is C22H22BrClFN5S. The van der Waals surface area contributed by atoms with Crippen LogP contribution in [0.15, 0.2) is 59.2 Å². The summed E-state index contributed by atoms with van der Waals surface area (Å²) in [4.78, 5) is 4.57. The first-order chi connectivity index (χ1) is 15.0. The van der Waals surface area contributed by atoms with Gasteiger partial charge in [0, 0.05) is 60.0 Å². The van der Waals surface area contributed by atoms with Crippen LogP contribution in [-0.2, 0) is 13.1 Å². The molecule has 1 saturated heterocycles. The molecule has 0 bridgehead atoms. The maximum Gasteiger partial charge on any atom is 0.174 e. The van der Waals surface area contributed by atoms with Gasteiger partial charge in [0.1, 0.15) is 5.82 Å². The molecule has 31 heavy (non-hydrogen) atoms. The summed E-state index contributed by atoms with van der Waals surface area (Å²) in [5.74, 6) is 0.293. The molecule has 0 saturated carbocycles. The largest absolute Gasteiger partial charge is 0.346 e. The van der Waals surface area contributed by atoms with E-state index in [0.29, 0.717) is 21.5 Å². The Balaban J connectivity index is 1.29. The van der Waals surface area contributed by atoms with Crippen LogP contribution in [0.3, 0.4) is 0 Å². The van der Waals surface area contributed by atoms with Crippen molar-refractivity contribution in [2.45, 2.75) is 13.1 Å². The second-order valence-electron chi connectivity index (χ2n) is 7.38. The van der Waals surface area contributed by atoms with Crippen LogP contribution in [0.4, 0.5) is 10.2 Å². The number of hydrogen-bond donors (Lipinski definition) is 1.